The molecule has 0 fully saturated rings. The highest BCUT2D eigenvalue weighted by Crippen LogP contribution is 2.25. The first-order valence-corrected chi connectivity index (χ1v) is 9.43. The standard InChI is InChI=1S/C23H20ClFN2O2/c1-15(27(2)23(29)20-12-11-18(24)14-21(20)25)17-9-6-10-19(13-17)26-22(28)16-7-4-3-5-8-16/h3-15H,1-2H3,(H,26,28)/t15-/m1/s1. The van der Waals surface area contributed by atoms with E-state index in [9.17, 15) is 14.0 Å². The van der Waals surface area contributed by atoms with E-state index in [2.05, 4.69) is 5.32 Å². The molecular formula is C23H20ClFN2O2. The van der Waals surface area contributed by atoms with Crippen molar-refractivity contribution in [1.82, 2.24) is 4.90 Å². The van der Waals surface area contributed by atoms with Crippen LogP contribution in [0.1, 0.15) is 39.2 Å². The summed E-state index contributed by atoms with van der Waals surface area (Å²) < 4.78 is 14.1. The van der Waals surface area contributed by atoms with Crippen molar-refractivity contribution in [2.24, 2.45) is 0 Å². The van der Waals surface area contributed by atoms with Crippen LogP contribution < -0.4 is 5.32 Å². The quantitative estimate of drug-likeness (QED) is 0.598. The fourth-order valence-corrected chi connectivity index (χ4v) is 3.08. The van der Waals surface area contributed by atoms with Crippen molar-refractivity contribution in [3.05, 3.63) is 100 Å². The lowest BCUT2D eigenvalue weighted by molar-refractivity contribution is 0.0737. The minimum atomic E-state index is -0.662. The molecule has 0 aliphatic carbocycles. The van der Waals surface area contributed by atoms with Gasteiger partial charge < -0.3 is 10.2 Å². The predicted octanol–water partition coefficient (Wildman–Crippen LogP) is 5.56. The third-order valence-electron chi connectivity index (χ3n) is 4.73. The number of amides is 2. The van der Waals surface area contributed by atoms with Crippen LogP contribution in [0, 0.1) is 5.82 Å². The number of anilines is 1. The highest BCUT2D eigenvalue weighted by atomic mass is 35.5. The smallest absolute Gasteiger partial charge is 0.257 e. The summed E-state index contributed by atoms with van der Waals surface area (Å²) >= 11 is 5.76. The van der Waals surface area contributed by atoms with Crippen molar-refractivity contribution in [1.29, 1.82) is 0 Å². The minimum Gasteiger partial charge on any atom is -0.335 e. The first-order valence-electron chi connectivity index (χ1n) is 9.05. The minimum absolute atomic E-state index is 0.0442. The van der Waals surface area contributed by atoms with E-state index in [1.54, 1.807) is 49.5 Å². The van der Waals surface area contributed by atoms with E-state index < -0.39 is 11.7 Å². The second-order valence-corrected chi connectivity index (χ2v) is 7.10. The Labute approximate surface area is 173 Å². The molecule has 0 aromatic heterocycles. The zero-order chi connectivity index (χ0) is 21.0. The summed E-state index contributed by atoms with van der Waals surface area (Å²) in [6.45, 7) is 1.84. The zero-order valence-corrected chi connectivity index (χ0v) is 16.8. The highest BCUT2D eigenvalue weighted by Gasteiger charge is 2.22. The fraction of sp³-hybridized carbons (Fsp3) is 0.130. The molecule has 0 saturated heterocycles. The van der Waals surface area contributed by atoms with Crippen LogP contribution in [0.25, 0.3) is 0 Å². The Morgan fingerprint density at radius 2 is 1.72 bits per heavy atom. The molecule has 0 radical (unpaired) electrons. The van der Waals surface area contributed by atoms with Gasteiger partial charge in [-0.15, -0.1) is 0 Å². The Kier molecular flexibility index (Phi) is 6.29. The molecule has 148 valence electrons. The Balaban J connectivity index is 1.77. The number of hydrogen-bond donors (Lipinski definition) is 1. The maximum Gasteiger partial charge on any atom is 0.257 e. The van der Waals surface area contributed by atoms with E-state index >= 15 is 0 Å². The van der Waals surface area contributed by atoms with E-state index in [0.29, 0.717) is 11.3 Å². The van der Waals surface area contributed by atoms with E-state index in [-0.39, 0.29) is 22.5 Å². The molecular weight excluding hydrogens is 391 g/mol. The summed E-state index contributed by atoms with van der Waals surface area (Å²) in [5.41, 5.74) is 1.93. The van der Waals surface area contributed by atoms with Gasteiger partial charge in [0.1, 0.15) is 5.82 Å². The molecule has 29 heavy (non-hydrogen) atoms. The van der Waals surface area contributed by atoms with Crippen LogP contribution in [0.2, 0.25) is 5.02 Å². The molecule has 0 spiro atoms. The largest absolute Gasteiger partial charge is 0.335 e. The normalized spacial score (nSPS) is 11.6. The molecule has 3 aromatic rings. The molecule has 0 aliphatic heterocycles. The van der Waals surface area contributed by atoms with Gasteiger partial charge in [-0.05, 0) is 55.0 Å². The first kappa shape index (κ1) is 20.6. The summed E-state index contributed by atoms with van der Waals surface area (Å²) in [5, 5.41) is 3.08. The summed E-state index contributed by atoms with van der Waals surface area (Å²) in [7, 11) is 1.61. The maximum absolute atomic E-state index is 14.1. The molecule has 1 atom stereocenters. The van der Waals surface area contributed by atoms with Gasteiger partial charge in [-0.3, -0.25) is 9.59 Å². The summed E-state index contributed by atoms with van der Waals surface area (Å²) in [6, 6.07) is 19.8. The van der Waals surface area contributed by atoms with Gasteiger partial charge in [0.05, 0.1) is 11.6 Å². The van der Waals surface area contributed by atoms with Crippen molar-refractivity contribution < 1.29 is 14.0 Å². The Hall–Kier alpha value is -3.18. The van der Waals surface area contributed by atoms with E-state index in [1.807, 2.05) is 19.1 Å². The van der Waals surface area contributed by atoms with Gasteiger partial charge >= 0.3 is 0 Å². The number of carbonyl (C=O) groups is 2. The SMILES string of the molecule is C[C@H](c1cccc(NC(=O)c2ccccc2)c1)N(C)C(=O)c1ccc(Cl)cc1F. The molecule has 0 heterocycles. The molecule has 0 aliphatic rings. The number of rotatable bonds is 5. The number of nitrogens with zero attached hydrogens (tertiary/aromatic N) is 1. The summed E-state index contributed by atoms with van der Waals surface area (Å²) in [5.74, 6) is -1.33. The van der Waals surface area contributed by atoms with Crippen LogP contribution >= 0.6 is 11.6 Å². The number of carbonyl (C=O) groups excluding carboxylic acids is 2. The zero-order valence-electron chi connectivity index (χ0n) is 16.0. The van der Waals surface area contributed by atoms with Crippen LogP contribution in [-0.2, 0) is 0 Å². The van der Waals surface area contributed by atoms with Crippen LogP contribution in [0.4, 0.5) is 10.1 Å². The average Bonchev–Trinajstić information content (AvgIpc) is 2.73. The molecule has 6 heteroatoms. The highest BCUT2D eigenvalue weighted by molar-refractivity contribution is 6.30. The third-order valence-corrected chi connectivity index (χ3v) is 4.96. The lowest BCUT2D eigenvalue weighted by Crippen LogP contribution is -2.30. The van der Waals surface area contributed by atoms with Gasteiger partial charge in [-0.25, -0.2) is 4.39 Å². The van der Waals surface area contributed by atoms with Gasteiger partial charge in [0.2, 0.25) is 0 Å². The number of benzene rings is 3. The van der Waals surface area contributed by atoms with Crippen molar-refractivity contribution in [2.45, 2.75) is 13.0 Å². The van der Waals surface area contributed by atoms with Gasteiger partial charge in [0.25, 0.3) is 11.8 Å². The van der Waals surface area contributed by atoms with Crippen LogP contribution in [0.5, 0.6) is 0 Å². The molecule has 4 nitrogen and oxygen atoms in total. The maximum atomic E-state index is 14.1. The van der Waals surface area contributed by atoms with Crippen molar-refractivity contribution >= 4 is 29.1 Å². The molecule has 0 bridgehead atoms. The van der Waals surface area contributed by atoms with E-state index in [4.69, 9.17) is 11.6 Å². The lowest BCUT2D eigenvalue weighted by Gasteiger charge is -2.26. The second-order valence-electron chi connectivity index (χ2n) is 6.66. The Morgan fingerprint density at radius 3 is 2.41 bits per heavy atom. The number of hydrogen-bond acceptors (Lipinski definition) is 2. The van der Waals surface area contributed by atoms with Gasteiger partial charge in [0.15, 0.2) is 0 Å². The van der Waals surface area contributed by atoms with E-state index in [1.165, 1.54) is 17.0 Å². The average molecular weight is 411 g/mol. The summed E-state index contributed by atoms with van der Waals surface area (Å²) in [6.07, 6.45) is 0. The molecule has 2 amide bonds. The fourth-order valence-electron chi connectivity index (χ4n) is 2.92. The van der Waals surface area contributed by atoms with Crippen LogP contribution in [0.3, 0.4) is 0 Å². The van der Waals surface area contributed by atoms with Gasteiger partial charge in [-0.2, -0.15) is 0 Å². The van der Waals surface area contributed by atoms with Crippen molar-refractivity contribution in [3.63, 3.8) is 0 Å². The predicted molar refractivity (Wildman–Crippen MR) is 113 cm³/mol. The number of halogens is 2. The molecule has 1 N–H and O–H groups in total. The first-order chi connectivity index (χ1) is 13.9. The molecule has 3 rings (SSSR count). The topological polar surface area (TPSA) is 49.4 Å². The second kappa shape index (κ2) is 8.88. The van der Waals surface area contributed by atoms with E-state index in [0.717, 1.165) is 11.6 Å². The lowest BCUT2D eigenvalue weighted by atomic mass is 10.0. The molecule has 3 aromatic carbocycles. The van der Waals surface area contributed by atoms with Crippen LogP contribution in [-0.4, -0.2) is 23.8 Å². The van der Waals surface area contributed by atoms with Crippen molar-refractivity contribution in [2.75, 3.05) is 12.4 Å². The molecule has 0 unspecified atom stereocenters. The Morgan fingerprint density at radius 1 is 1.00 bits per heavy atom. The van der Waals surface area contributed by atoms with Gasteiger partial charge in [-0.1, -0.05) is 41.9 Å². The Bertz CT molecular complexity index is 1040. The summed E-state index contributed by atoms with van der Waals surface area (Å²) in [4.78, 5) is 26.5. The molecule has 0 saturated carbocycles. The van der Waals surface area contributed by atoms with Crippen LogP contribution in [0.15, 0.2) is 72.8 Å². The third kappa shape index (κ3) is 4.81. The van der Waals surface area contributed by atoms with Crippen molar-refractivity contribution in [3.8, 4) is 0 Å². The van der Waals surface area contributed by atoms with Gasteiger partial charge in [0, 0.05) is 23.3 Å². The monoisotopic (exact) mass is 410 g/mol. The number of nitrogens with one attached hydrogen (secondary N) is 1.